The number of piperazine rings is 1. The molecule has 27 heavy (non-hydrogen) atoms. The molecule has 2 fully saturated rings. The Hall–Kier alpha value is -2.63. The van der Waals surface area contributed by atoms with E-state index in [2.05, 4.69) is 38.8 Å². The first-order valence-electron chi connectivity index (χ1n) is 9.85. The highest BCUT2D eigenvalue weighted by Crippen LogP contribution is 2.22. The lowest BCUT2D eigenvalue weighted by Gasteiger charge is -2.35. The minimum Gasteiger partial charge on any atom is -0.356 e. The molecule has 6 nitrogen and oxygen atoms in total. The van der Waals surface area contributed by atoms with Crippen LogP contribution in [0.3, 0.4) is 0 Å². The molecule has 0 spiro atoms. The number of carbonyl (C=O) groups is 1. The topological polar surface area (TPSA) is 52.6 Å². The fraction of sp³-hybridized carbons (Fsp3) is 0.476. The summed E-state index contributed by atoms with van der Waals surface area (Å²) >= 11 is 0. The molecular formula is C21H27N5O. The van der Waals surface area contributed by atoms with Crippen LogP contribution in [0.15, 0.2) is 36.7 Å². The van der Waals surface area contributed by atoms with Crippen LogP contribution in [0.25, 0.3) is 0 Å². The fourth-order valence-electron chi connectivity index (χ4n) is 3.90. The molecule has 1 aromatic carbocycles. The molecule has 0 radical (unpaired) electrons. The molecular weight excluding hydrogens is 338 g/mol. The second kappa shape index (κ2) is 7.94. The number of aromatic nitrogens is 2. The van der Waals surface area contributed by atoms with Crippen LogP contribution in [0.4, 0.5) is 11.6 Å². The maximum atomic E-state index is 12.7. The second-order valence-electron chi connectivity index (χ2n) is 7.40. The smallest absolute Gasteiger partial charge is 0.227 e. The highest BCUT2D eigenvalue weighted by Gasteiger charge is 2.23. The van der Waals surface area contributed by atoms with Gasteiger partial charge in [-0.2, -0.15) is 0 Å². The third kappa shape index (κ3) is 4.04. The van der Waals surface area contributed by atoms with E-state index < -0.39 is 0 Å². The number of rotatable bonds is 4. The summed E-state index contributed by atoms with van der Waals surface area (Å²) in [6, 6.07) is 10.2. The Kier molecular flexibility index (Phi) is 5.23. The normalized spacial score (nSPS) is 17.4. The lowest BCUT2D eigenvalue weighted by molar-refractivity contribution is -0.130. The lowest BCUT2D eigenvalue weighted by atomic mass is 10.1. The summed E-state index contributed by atoms with van der Waals surface area (Å²) in [4.78, 5) is 28.1. The van der Waals surface area contributed by atoms with Crippen LogP contribution in [-0.2, 0) is 11.2 Å². The van der Waals surface area contributed by atoms with E-state index in [1.807, 2.05) is 23.1 Å². The van der Waals surface area contributed by atoms with E-state index in [-0.39, 0.29) is 5.91 Å². The Balaban J connectivity index is 1.35. The summed E-state index contributed by atoms with van der Waals surface area (Å²) < 4.78 is 0. The number of amides is 1. The molecule has 4 rings (SSSR count). The van der Waals surface area contributed by atoms with Gasteiger partial charge in [0.2, 0.25) is 5.91 Å². The van der Waals surface area contributed by atoms with Crippen LogP contribution < -0.4 is 9.80 Å². The van der Waals surface area contributed by atoms with E-state index in [0.29, 0.717) is 6.42 Å². The van der Waals surface area contributed by atoms with Gasteiger partial charge in [-0.25, -0.2) is 9.97 Å². The number of carbonyl (C=O) groups excluding carboxylic acids is 1. The molecule has 0 bridgehead atoms. The van der Waals surface area contributed by atoms with Gasteiger partial charge < -0.3 is 14.7 Å². The Bertz CT molecular complexity index is 795. The van der Waals surface area contributed by atoms with Gasteiger partial charge in [0.15, 0.2) is 0 Å². The summed E-state index contributed by atoms with van der Waals surface area (Å²) in [5.41, 5.74) is 2.30. The van der Waals surface area contributed by atoms with Crippen LogP contribution in [0, 0.1) is 6.92 Å². The van der Waals surface area contributed by atoms with Gasteiger partial charge in [0, 0.05) is 45.3 Å². The van der Waals surface area contributed by atoms with Crippen molar-refractivity contribution in [1.82, 2.24) is 14.9 Å². The molecule has 1 aromatic heterocycles. The zero-order chi connectivity index (χ0) is 18.6. The molecule has 0 atom stereocenters. The molecule has 0 N–H and O–H groups in total. The van der Waals surface area contributed by atoms with Crippen molar-refractivity contribution in [2.75, 3.05) is 49.1 Å². The molecule has 0 unspecified atom stereocenters. The van der Waals surface area contributed by atoms with E-state index in [1.165, 1.54) is 18.4 Å². The van der Waals surface area contributed by atoms with E-state index in [4.69, 9.17) is 0 Å². The fourth-order valence-corrected chi connectivity index (χ4v) is 3.90. The van der Waals surface area contributed by atoms with Crippen molar-refractivity contribution in [3.63, 3.8) is 0 Å². The number of anilines is 2. The van der Waals surface area contributed by atoms with Gasteiger partial charge in [0.05, 0.1) is 6.42 Å². The maximum Gasteiger partial charge on any atom is 0.227 e. The zero-order valence-corrected chi connectivity index (χ0v) is 16.0. The van der Waals surface area contributed by atoms with E-state index in [1.54, 1.807) is 6.33 Å². The standard InChI is InChI=1S/C21H27N5O/c1-17-6-2-3-7-18(17)14-21(27)26-12-10-25(11-13-26)20-15-19(22-16-23-20)24-8-4-5-9-24/h2-3,6-7,15-16H,4-5,8-14H2,1H3. The zero-order valence-electron chi connectivity index (χ0n) is 16.0. The summed E-state index contributed by atoms with van der Waals surface area (Å²) in [7, 11) is 0. The van der Waals surface area contributed by atoms with Crippen molar-refractivity contribution in [2.24, 2.45) is 0 Å². The summed E-state index contributed by atoms with van der Waals surface area (Å²) in [5, 5.41) is 0. The van der Waals surface area contributed by atoms with Crippen molar-refractivity contribution < 1.29 is 4.79 Å². The largest absolute Gasteiger partial charge is 0.356 e. The highest BCUT2D eigenvalue weighted by atomic mass is 16.2. The highest BCUT2D eigenvalue weighted by molar-refractivity contribution is 5.79. The van der Waals surface area contributed by atoms with E-state index in [9.17, 15) is 4.79 Å². The van der Waals surface area contributed by atoms with Crippen molar-refractivity contribution in [3.8, 4) is 0 Å². The van der Waals surface area contributed by atoms with Crippen molar-refractivity contribution in [1.29, 1.82) is 0 Å². The Morgan fingerprint density at radius 3 is 2.22 bits per heavy atom. The summed E-state index contributed by atoms with van der Waals surface area (Å²) in [6.45, 7) is 7.34. The molecule has 0 saturated carbocycles. The molecule has 1 amide bonds. The number of nitrogens with zero attached hydrogens (tertiary/aromatic N) is 5. The van der Waals surface area contributed by atoms with Gasteiger partial charge in [-0.15, -0.1) is 0 Å². The molecule has 2 aliphatic rings. The lowest BCUT2D eigenvalue weighted by Crippen LogP contribution is -2.49. The first-order chi connectivity index (χ1) is 13.2. The molecule has 2 aliphatic heterocycles. The molecule has 6 heteroatoms. The van der Waals surface area contributed by atoms with Gasteiger partial charge in [-0.3, -0.25) is 4.79 Å². The average molecular weight is 365 g/mol. The predicted molar refractivity (Wildman–Crippen MR) is 107 cm³/mol. The summed E-state index contributed by atoms with van der Waals surface area (Å²) in [6.07, 6.45) is 4.63. The Morgan fingerprint density at radius 1 is 0.926 bits per heavy atom. The maximum absolute atomic E-state index is 12.7. The quantitative estimate of drug-likeness (QED) is 0.832. The van der Waals surface area contributed by atoms with Gasteiger partial charge in [-0.1, -0.05) is 24.3 Å². The number of aryl methyl sites for hydroxylation is 1. The van der Waals surface area contributed by atoms with Gasteiger partial charge in [0.25, 0.3) is 0 Å². The predicted octanol–water partition coefficient (Wildman–Crippen LogP) is 2.28. The SMILES string of the molecule is Cc1ccccc1CC(=O)N1CCN(c2cc(N3CCCC3)ncn2)CC1. The van der Waals surface area contributed by atoms with Gasteiger partial charge in [-0.05, 0) is 30.9 Å². The first kappa shape index (κ1) is 17.8. The number of hydrogen-bond donors (Lipinski definition) is 0. The molecule has 2 saturated heterocycles. The van der Waals surface area contributed by atoms with Crippen LogP contribution in [0.1, 0.15) is 24.0 Å². The van der Waals surface area contributed by atoms with E-state index >= 15 is 0 Å². The van der Waals surface area contributed by atoms with Gasteiger partial charge >= 0.3 is 0 Å². The third-order valence-electron chi connectivity index (χ3n) is 5.63. The Morgan fingerprint density at radius 2 is 1.56 bits per heavy atom. The second-order valence-corrected chi connectivity index (χ2v) is 7.40. The van der Waals surface area contributed by atoms with Crippen molar-refractivity contribution >= 4 is 17.5 Å². The average Bonchev–Trinajstić information content (AvgIpc) is 3.25. The third-order valence-corrected chi connectivity index (χ3v) is 5.63. The number of benzene rings is 1. The molecule has 0 aliphatic carbocycles. The molecule has 2 aromatic rings. The number of hydrogen-bond acceptors (Lipinski definition) is 5. The Labute approximate surface area is 160 Å². The van der Waals surface area contributed by atoms with Crippen LogP contribution in [0.5, 0.6) is 0 Å². The summed E-state index contributed by atoms with van der Waals surface area (Å²) in [5.74, 6) is 2.21. The van der Waals surface area contributed by atoms with Crippen molar-refractivity contribution in [2.45, 2.75) is 26.2 Å². The minimum atomic E-state index is 0.212. The first-order valence-corrected chi connectivity index (χ1v) is 9.85. The minimum absolute atomic E-state index is 0.212. The molecule has 142 valence electrons. The molecule has 3 heterocycles. The van der Waals surface area contributed by atoms with E-state index in [0.717, 1.165) is 56.5 Å². The van der Waals surface area contributed by atoms with Crippen LogP contribution >= 0.6 is 0 Å². The van der Waals surface area contributed by atoms with Gasteiger partial charge in [0.1, 0.15) is 18.0 Å². The van der Waals surface area contributed by atoms with Crippen molar-refractivity contribution in [3.05, 3.63) is 47.8 Å². The monoisotopic (exact) mass is 365 g/mol. The van der Waals surface area contributed by atoms with Crippen LogP contribution in [0.2, 0.25) is 0 Å². The van der Waals surface area contributed by atoms with Crippen LogP contribution in [-0.4, -0.2) is 60.0 Å².